The maximum absolute atomic E-state index is 13.1. The van der Waals surface area contributed by atoms with Crippen LogP contribution in [0.2, 0.25) is 0 Å². The van der Waals surface area contributed by atoms with Gasteiger partial charge in [-0.2, -0.15) is 0 Å². The maximum Gasteiger partial charge on any atom is 0.246 e. The number of nitrogens with zero attached hydrogens (tertiary/aromatic N) is 1. The van der Waals surface area contributed by atoms with Gasteiger partial charge in [-0.1, -0.05) is 30.3 Å². The number of hydrogen-bond acceptors (Lipinski definition) is 4. The molecule has 1 heterocycles. The molecule has 1 aliphatic heterocycles. The lowest BCUT2D eigenvalue weighted by Crippen LogP contribution is -2.42. The largest absolute Gasteiger partial charge is 0.489 e. The van der Waals surface area contributed by atoms with Crippen LogP contribution in [0, 0.1) is 5.82 Å². The Bertz CT molecular complexity index is 1120. The molecule has 2 N–H and O–H groups in total. The van der Waals surface area contributed by atoms with Gasteiger partial charge in [-0.15, -0.1) is 0 Å². The molecule has 164 valence electrons. The van der Waals surface area contributed by atoms with Gasteiger partial charge in [0.15, 0.2) is 0 Å². The molecule has 0 bridgehead atoms. The van der Waals surface area contributed by atoms with E-state index < -0.39 is 0 Å². The zero-order chi connectivity index (χ0) is 22.5. The fourth-order valence-electron chi connectivity index (χ4n) is 3.67. The molecule has 1 aliphatic rings. The Kier molecular flexibility index (Phi) is 6.35. The third-order valence-electron chi connectivity index (χ3n) is 5.22. The summed E-state index contributed by atoms with van der Waals surface area (Å²) in [6.45, 7) is 2.24. The third kappa shape index (κ3) is 5.06. The van der Waals surface area contributed by atoms with E-state index >= 15 is 0 Å². The number of carbonyl (C=O) groups excluding carboxylic acids is 2. The van der Waals surface area contributed by atoms with Crippen LogP contribution in [0.5, 0.6) is 5.75 Å². The lowest BCUT2D eigenvalue weighted by atomic mass is 10.1. The molecule has 0 radical (unpaired) electrons. The second kappa shape index (κ2) is 9.51. The highest BCUT2D eigenvalue weighted by molar-refractivity contribution is 6.05. The van der Waals surface area contributed by atoms with Gasteiger partial charge in [-0.3, -0.25) is 9.59 Å². The number of anilines is 3. The van der Waals surface area contributed by atoms with E-state index in [1.54, 1.807) is 23.1 Å². The van der Waals surface area contributed by atoms with Gasteiger partial charge in [-0.05, 0) is 48.9 Å². The van der Waals surface area contributed by atoms with Crippen LogP contribution in [-0.4, -0.2) is 24.4 Å². The van der Waals surface area contributed by atoms with Gasteiger partial charge in [0.2, 0.25) is 11.8 Å². The number of rotatable bonds is 6. The quantitative estimate of drug-likeness (QED) is 0.597. The Balaban J connectivity index is 1.41. The average molecular weight is 433 g/mol. The highest BCUT2D eigenvalue weighted by Crippen LogP contribution is 2.31. The number of hydrogen-bond donors (Lipinski definition) is 2. The van der Waals surface area contributed by atoms with Crippen molar-refractivity contribution in [3.05, 3.63) is 84.2 Å². The van der Waals surface area contributed by atoms with E-state index in [1.807, 2.05) is 49.4 Å². The van der Waals surface area contributed by atoms with E-state index in [0.717, 1.165) is 11.3 Å². The molecule has 6 nitrogen and oxygen atoms in total. The van der Waals surface area contributed by atoms with Crippen molar-refractivity contribution < 1.29 is 18.7 Å². The van der Waals surface area contributed by atoms with Gasteiger partial charge >= 0.3 is 0 Å². The molecule has 0 saturated carbocycles. The van der Waals surface area contributed by atoms with E-state index in [0.29, 0.717) is 23.7 Å². The zero-order valence-electron chi connectivity index (χ0n) is 17.7. The predicted molar refractivity (Wildman–Crippen MR) is 122 cm³/mol. The summed E-state index contributed by atoms with van der Waals surface area (Å²) in [6.07, 6.45) is 0.229. The standard InChI is InChI=1S/C25H24FN3O3/c1-17-13-24(30)28-22-7-2-3-8-23(22)29(17)25(31)15-27-20-5-4-6-21(14-20)32-16-18-9-11-19(26)12-10-18/h2-12,14,17,27H,13,15-16H2,1H3,(H,28,30). The number of carbonyl (C=O) groups is 2. The number of para-hydroxylation sites is 2. The first kappa shape index (κ1) is 21.4. The van der Waals surface area contributed by atoms with Crippen molar-refractivity contribution in [3.8, 4) is 5.75 Å². The summed E-state index contributed by atoms with van der Waals surface area (Å²) in [4.78, 5) is 26.9. The highest BCUT2D eigenvalue weighted by atomic mass is 19.1. The van der Waals surface area contributed by atoms with Crippen molar-refractivity contribution in [2.75, 3.05) is 22.1 Å². The Labute approximate surface area is 186 Å². The molecule has 0 spiro atoms. The molecular formula is C25H24FN3O3. The van der Waals surface area contributed by atoms with E-state index in [-0.39, 0.29) is 36.6 Å². The second-order valence-electron chi connectivity index (χ2n) is 7.68. The lowest BCUT2D eigenvalue weighted by molar-refractivity contribution is -0.118. The van der Waals surface area contributed by atoms with Crippen LogP contribution in [0.4, 0.5) is 21.5 Å². The van der Waals surface area contributed by atoms with E-state index in [1.165, 1.54) is 12.1 Å². The minimum Gasteiger partial charge on any atom is -0.489 e. The molecule has 0 fully saturated rings. The Morgan fingerprint density at radius 2 is 1.91 bits per heavy atom. The fraction of sp³-hybridized carbons (Fsp3) is 0.200. The van der Waals surface area contributed by atoms with Crippen molar-refractivity contribution in [2.45, 2.75) is 26.0 Å². The molecule has 3 aromatic rings. The Morgan fingerprint density at radius 3 is 2.72 bits per heavy atom. The minimum atomic E-state index is -0.286. The summed E-state index contributed by atoms with van der Waals surface area (Å²) >= 11 is 0. The number of fused-ring (bicyclic) bond motifs is 1. The normalized spacial score (nSPS) is 15.4. The maximum atomic E-state index is 13.1. The average Bonchev–Trinajstić information content (AvgIpc) is 2.91. The summed E-state index contributed by atoms with van der Waals surface area (Å²) in [6, 6.07) is 20.5. The fourth-order valence-corrected chi connectivity index (χ4v) is 3.67. The van der Waals surface area contributed by atoms with E-state index in [4.69, 9.17) is 4.74 Å². The molecule has 0 aromatic heterocycles. The number of nitrogens with one attached hydrogen (secondary N) is 2. The summed E-state index contributed by atoms with van der Waals surface area (Å²) in [5.41, 5.74) is 2.91. The predicted octanol–water partition coefficient (Wildman–Crippen LogP) is 4.58. The smallest absolute Gasteiger partial charge is 0.246 e. The number of benzene rings is 3. The van der Waals surface area contributed by atoms with Crippen LogP contribution in [0.25, 0.3) is 0 Å². The van der Waals surface area contributed by atoms with Crippen LogP contribution < -0.4 is 20.3 Å². The SMILES string of the molecule is CC1CC(=O)Nc2ccccc2N1C(=O)CNc1cccc(OCc2ccc(F)cc2)c1. The van der Waals surface area contributed by atoms with Gasteiger partial charge in [0, 0.05) is 24.2 Å². The molecule has 2 amide bonds. The monoisotopic (exact) mass is 433 g/mol. The summed E-state index contributed by atoms with van der Waals surface area (Å²) in [5, 5.41) is 6.00. The zero-order valence-corrected chi connectivity index (χ0v) is 17.7. The summed E-state index contributed by atoms with van der Waals surface area (Å²) in [7, 11) is 0. The summed E-state index contributed by atoms with van der Waals surface area (Å²) in [5.74, 6) is 0.0967. The van der Waals surface area contributed by atoms with Gasteiger partial charge in [0.1, 0.15) is 18.2 Å². The van der Waals surface area contributed by atoms with Crippen LogP contribution in [0.1, 0.15) is 18.9 Å². The van der Waals surface area contributed by atoms with Crippen molar-refractivity contribution in [1.82, 2.24) is 0 Å². The first-order valence-corrected chi connectivity index (χ1v) is 10.4. The van der Waals surface area contributed by atoms with Gasteiger partial charge in [0.25, 0.3) is 0 Å². The molecule has 1 unspecified atom stereocenters. The highest BCUT2D eigenvalue weighted by Gasteiger charge is 2.29. The first-order valence-electron chi connectivity index (χ1n) is 10.4. The van der Waals surface area contributed by atoms with Gasteiger partial charge < -0.3 is 20.3 Å². The van der Waals surface area contributed by atoms with Crippen LogP contribution in [0.15, 0.2) is 72.8 Å². The van der Waals surface area contributed by atoms with Crippen LogP contribution in [0.3, 0.4) is 0 Å². The topological polar surface area (TPSA) is 70.7 Å². The van der Waals surface area contributed by atoms with Crippen molar-refractivity contribution >= 4 is 28.9 Å². The van der Waals surface area contributed by atoms with Crippen LogP contribution in [-0.2, 0) is 16.2 Å². The number of amides is 2. The molecule has 32 heavy (non-hydrogen) atoms. The van der Waals surface area contributed by atoms with E-state index in [9.17, 15) is 14.0 Å². The second-order valence-corrected chi connectivity index (χ2v) is 7.68. The first-order chi connectivity index (χ1) is 15.5. The van der Waals surface area contributed by atoms with Crippen molar-refractivity contribution in [2.24, 2.45) is 0 Å². The van der Waals surface area contributed by atoms with Crippen LogP contribution >= 0.6 is 0 Å². The minimum absolute atomic E-state index is 0.0638. The van der Waals surface area contributed by atoms with E-state index in [2.05, 4.69) is 10.6 Å². The van der Waals surface area contributed by atoms with Crippen molar-refractivity contribution in [3.63, 3.8) is 0 Å². The number of ether oxygens (including phenoxy) is 1. The van der Waals surface area contributed by atoms with Gasteiger partial charge in [0.05, 0.1) is 17.9 Å². The molecule has 7 heteroatoms. The number of halogens is 1. The molecule has 0 aliphatic carbocycles. The Hall–Kier alpha value is -3.87. The molecule has 0 saturated heterocycles. The lowest BCUT2D eigenvalue weighted by Gasteiger charge is -2.28. The molecular weight excluding hydrogens is 409 g/mol. The summed E-state index contributed by atoms with van der Waals surface area (Å²) < 4.78 is 18.8. The molecule has 1 atom stereocenters. The molecule has 4 rings (SSSR count). The molecule has 3 aromatic carbocycles. The third-order valence-corrected chi connectivity index (χ3v) is 5.22. The van der Waals surface area contributed by atoms with Gasteiger partial charge in [-0.25, -0.2) is 4.39 Å². The van der Waals surface area contributed by atoms with Crippen molar-refractivity contribution in [1.29, 1.82) is 0 Å². The Morgan fingerprint density at radius 1 is 1.12 bits per heavy atom.